The van der Waals surface area contributed by atoms with Gasteiger partial charge in [-0.15, -0.1) is 0 Å². The number of carbonyl (C=O) groups excluding carboxylic acids is 3. The lowest BCUT2D eigenvalue weighted by Gasteiger charge is -2.29. The van der Waals surface area contributed by atoms with Crippen LogP contribution in [0.25, 0.3) is 22.0 Å². The molecule has 232 valence electrons. The van der Waals surface area contributed by atoms with Gasteiger partial charge in [0.25, 0.3) is 0 Å². The molecule has 12 heteroatoms. The maximum Gasteiger partial charge on any atom is 0.411 e. The van der Waals surface area contributed by atoms with E-state index in [-0.39, 0.29) is 53.2 Å². The summed E-state index contributed by atoms with van der Waals surface area (Å²) in [6.07, 6.45) is 3.74. The summed E-state index contributed by atoms with van der Waals surface area (Å²) >= 11 is 6.12. The number of nitrogens with zero attached hydrogens (tertiary/aromatic N) is 2. The molecule has 0 radical (unpaired) electrons. The first-order chi connectivity index (χ1) is 21.8. The van der Waals surface area contributed by atoms with Crippen molar-refractivity contribution in [2.24, 2.45) is 0 Å². The van der Waals surface area contributed by atoms with E-state index in [0.717, 1.165) is 16.5 Å². The Balaban J connectivity index is 1.41. The standard InChI is InChI=1S/C33H31ClFN5O5/c34-24-8-9-25-23(31(24)35)18-40(13-3-4-14-45-33(44)39-25)32(43)21-5-1-2-6-29(41)38-28-17-26-20(7-10-30(42)37-26)15-22(28)19-11-12-36-27(21)16-19/h7-12,15-17,21H,1-6,13-14,18H2,(H,37,42)(H,38,41)(H,39,44). The molecule has 4 heterocycles. The zero-order valence-corrected chi connectivity index (χ0v) is 25.1. The molecule has 0 spiro atoms. The van der Waals surface area contributed by atoms with Gasteiger partial charge in [0.15, 0.2) is 0 Å². The fourth-order valence-electron chi connectivity index (χ4n) is 5.85. The molecule has 10 nitrogen and oxygen atoms in total. The highest BCUT2D eigenvalue weighted by Gasteiger charge is 2.30. The number of rotatable bonds is 1. The van der Waals surface area contributed by atoms with Crippen molar-refractivity contribution >= 4 is 51.8 Å². The molecule has 45 heavy (non-hydrogen) atoms. The minimum absolute atomic E-state index is 0.0834. The number of H-pyrrole nitrogens is 1. The van der Waals surface area contributed by atoms with Crippen LogP contribution in [0.1, 0.15) is 55.7 Å². The highest BCUT2D eigenvalue weighted by atomic mass is 35.5. The molecule has 3 N–H and O–H groups in total. The maximum atomic E-state index is 15.4. The van der Waals surface area contributed by atoms with Crippen LogP contribution in [-0.4, -0.2) is 45.9 Å². The number of hydrogen-bond acceptors (Lipinski definition) is 6. The third-order valence-electron chi connectivity index (χ3n) is 8.18. The normalized spacial score (nSPS) is 17.7. The first-order valence-corrected chi connectivity index (χ1v) is 15.3. The fraction of sp³-hybridized carbons (Fsp3) is 0.303. The van der Waals surface area contributed by atoms with E-state index in [4.69, 9.17) is 16.3 Å². The Labute approximate surface area is 262 Å². The largest absolute Gasteiger partial charge is 0.449 e. The molecule has 0 fully saturated rings. The van der Waals surface area contributed by atoms with E-state index in [1.807, 2.05) is 18.2 Å². The van der Waals surface area contributed by atoms with Crippen LogP contribution >= 0.6 is 11.6 Å². The average molecular weight is 632 g/mol. The molecule has 0 aliphatic carbocycles. The Morgan fingerprint density at radius 3 is 2.71 bits per heavy atom. The molecule has 2 aliphatic heterocycles. The van der Waals surface area contributed by atoms with Gasteiger partial charge in [-0.2, -0.15) is 0 Å². The van der Waals surface area contributed by atoms with Crippen molar-refractivity contribution in [3.63, 3.8) is 0 Å². The molecule has 2 aliphatic rings. The number of aromatic amines is 1. The molecule has 1 atom stereocenters. The number of benzene rings is 2. The predicted octanol–water partition coefficient (Wildman–Crippen LogP) is 6.35. The lowest BCUT2D eigenvalue weighted by Crippen LogP contribution is -2.36. The van der Waals surface area contributed by atoms with Crippen molar-refractivity contribution in [3.05, 3.63) is 87.2 Å². The number of hydrogen-bond donors (Lipinski definition) is 3. The van der Waals surface area contributed by atoms with E-state index in [1.165, 1.54) is 18.2 Å². The lowest BCUT2D eigenvalue weighted by atomic mass is 9.92. The van der Waals surface area contributed by atoms with Crippen LogP contribution in [0.2, 0.25) is 5.02 Å². The maximum absolute atomic E-state index is 15.4. The van der Waals surface area contributed by atoms with Gasteiger partial charge in [-0.3, -0.25) is 24.7 Å². The third kappa shape index (κ3) is 6.68. The smallest absolute Gasteiger partial charge is 0.411 e. The highest BCUT2D eigenvalue weighted by Crippen LogP contribution is 2.36. The first-order valence-electron chi connectivity index (χ1n) is 14.9. The Hall–Kier alpha value is -4.77. The second-order valence-corrected chi connectivity index (χ2v) is 11.6. The van der Waals surface area contributed by atoms with Crippen LogP contribution in [0.4, 0.5) is 20.6 Å². The van der Waals surface area contributed by atoms with Crippen LogP contribution in [-0.2, 0) is 20.9 Å². The highest BCUT2D eigenvalue weighted by molar-refractivity contribution is 6.31. The van der Waals surface area contributed by atoms with Gasteiger partial charge in [-0.25, -0.2) is 9.18 Å². The summed E-state index contributed by atoms with van der Waals surface area (Å²) in [5, 5.41) is 6.22. The summed E-state index contributed by atoms with van der Waals surface area (Å²) in [6.45, 7) is 0.330. The van der Waals surface area contributed by atoms with Gasteiger partial charge >= 0.3 is 6.09 Å². The Kier molecular flexibility index (Phi) is 8.79. The van der Waals surface area contributed by atoms with Crippen molar-refractivity contribution in [1.29, 1.82) is 0 Å². The summed E-state index contributed by atoms with van der Waals surface area (Å²) < 4.78 is 20.6. The predicted molar refractivity (Wildman–Crippen MR) is 169 cm³/mol. The molecule has 0 saturated carbocycles. The van der Waals surface area contributed by atoms with Gasteiger partial charge in [0, 0.05) is 36.4 Å². The molecule has 4 aromatic rings. The van der Waals surface area contributed by atoms with Crippen LogP contribution in [0, 0.1) is 5.82 Å². The number of nitrogens with one attached hydrogen (secondary N) is 3. The van der Waals surface area contributed by atoms with E-state index in [9.17, 15) is 19.2 Å². The third-order valence-corrected chi connectivity index (χ3v) is 8.47. The van der Waals surface area contributed by atoms with Crippen molar-refractivity contribution < 1.29 is 23.5 Å². The van der Waals surface area contributed by atoms with E-state index in [1.54, 1.807) is 23.2 Å². The van der Waals surface area contributed by atoms with E-state index < -0.39 is 17.8 Å². The zero-order chi connectivity index (χ0) is 31.5. The molecule has 0 saturated heterocycles. The average Bonchev–Trinajstić information content (AvgIpc) is 3.05. The topological polar surface area (TPSA) is 133 Å². The summed E-state index contributed by atoms with van der Waals surface area (Å²) in [5.74, 6) is -1.81. The van der Waals surface area contributed by atoms with Gasteiger partial charge in [-0.1, -0.05) is 18.0 Å². The summed E-state index contributed by atoms with van der Waals surface area (Å²) in [5.41, 5.74) is 3.14. The number of cyclic esters (lactones) is 1. The summed E-state index contributed by atoms with van der Waals surface area (Å²) in [7, 11) is 0. The number of fused-ring (bicyclic) bond motifs is 6. The van der Waals surface area contributed by atoms with Gasteiger partial charge < -0.3 is 19.9 Å². The Morgan fingerprint density at radius 2 is 1.84 bits per heavy atom. The number of ether oxygens (including phenoxy) is 1. The first kappa shape index (κ1) is 30.3. The molecule has 2 aromatic carbocycles. The number of aromatic nitrogens is 2. The Bertz CT molecular complexity index is 1860. The molecule has 2 bridgehead atoms. The van der Waals surface area contributed by atoms with Crippen LogP contribution < -0.4 is 16.2 Å². The van der Waals surface area contributed by atoms with Gasteiger partial charge in [-0.05, 0) is 79.1 Å². The number of amides is 3. The summed E-state index contributed by atoms with van der Waals surface area (Å²) in [6, 6.07) is 13.3. The Morgan fingerprint density at radius 1 is 0.978 bits per heavy atom. The quantitative estimate of drug-likeness (QED) is 0.224. The van der Waals surface area contributed by atoms with Crippen molar-refractivity contribution in [1.82, 2.24) is 14.9 Å². The zero-order valence-electron chi connectivity index (χ0n) is 24.3. The van der Waals surface area contributed by atoms with Crippen molar-refractivity contribution in [2.75, 3.05) is 23.8 Å². The minimum atomic E-state index is -0.721. The number of carbonyl (C=O) groups is 3. The van der Waals surface area contributed by atoms with Gasteiger partial charge in [0.05, 0.1) is 46.7 Å². The molecule has 6 rings (SSSR count). The van der Waals surface area contributed by atoms with Gasteiger partial charge in [0.1, 0.15) is 5.82 Å². The van der Waals surface area contributed by atoms with E-state index in [2.05, 4.69) is 20.6 Å². The SMILES string of the molecule is O=C1CCCCC(C(=O)N2CCCCOC(=O)Nc3ccc(Cl)c(F)c3C2)c2cc(ccn2)-c2cc3ccc(=O)[nH]c3cc2N1. The second-order valence-electron chi connectivity index (χ2n) is 11.2. The molecular formula is C33H31ClFN5O5. The molecule has 3 amide bonds. The number of pyridine rings is 2. The molecular weight excluding hydrogens is 601 g/mol. The monoisotopic (exact) mass is 631 g/mol. The lowest BCUT2D eigenvalue weighted by molar-refractivity contribution is -0.134. The van der Waals surface area contributed by atoms with Crippen LogP contribution in [0.5, 0.6) is 0 Å². The van der Waals surface area contributed by atoms with E-state index >= 15 is 4.39 Å². The molecule has 2 aromatic heterocycles. The van der Waals surface area contributed by atoms with Gasteiger partial charge in [0.2, 0.25) is 17.4 Å². The van der Waals surface area contributed by atoms with Crippen LogP contribution in [0.15, 0.2) is 59.5 Å². The minimum Gasteiger partial charge on any atom is -0.449 e. The fourth-order valence-corrected chi connectivity index (χ4v) is 6.03. The van der Waals surface area contributed by atoms with E-state index in [0.29, 0.717) is 55.5 Å². The van der Waals surface area contributed by atoms with Crippen molar-refractivity contribution in [2.45, 2.75) is 51.0 Å². The van der Waals surface area contributed by atoms with Crippen molar-refractivity contribution in [3.8, 4) is 11.1 Å². The summed E-state index contributed by atoms with van der Waals surface area (Å²) in [4.78, 5) is 60.6. The molecule has 1 unspecified atom stereocenters. The van der Waals surface area contributed by atoms with Crippen LogP contribution in [0.3, 0.4) is 0 Å². The second kappa shape index (κ2) is 13.1. The number of anilines is 2. The number of halogens is 2.